The summed E-state index contributed by atoms with van der Waals surface area (Å²) in [5, 5.41) is 12.5. The Morgan fingerprint density at radius 2 is 2.29 bits per heavy atom. The third-order valence-corrected chi connectivity index (χ3v) is 3.33. The largest absolute Gasteiger partial charge is 0.481 e. The van der Waals surface area contributed by atoms with Crippen LogP contribution in [0, 0.1) is 5.92 Å². The van der Waals surface area contributed by atoms with E-state index in [1.54, 1.807) is 0 Å². The van der Waals surface area contributed by atoms with Crippen molar-refractivity contribution in [2.24, 2.45) is 5.92 Å². The van der Waals surface area contributed by atoms with Crippen molar-refractivity contribution in [1.82, 2.24) is 4.90 Å². The van der Waals surface area contributed by atoms with E-state index in [1.165, 1.54) is 0 Å². The molecule has 0 atom stereocenters. The number of carboxylic acid groups (broad SMARTS) is 1. The first-order valence-electron chi connectivity index (χ1n) is 5.51. The van der Waals surface area contributed by atoms with Crippen molar-refractivity contribution in [2.45, 2.75) is 6.54 Å². The van der Waals surface area contributed by atoms with E-state index in [1.807, 2.05) is 25.2 Å². The lowest BCUT2D eigenvalue weighted by Gasteiger charge is -2.36. The topological polar surface area (TPSA) is 52.6 Å². The van der Waals surface area contributed by atoms with E-state index in [0.29, 0.717) is 18.1 Å². The first kappa shape index (κ1) is 12.2. The molecule has 1 saturated heterocycles. The molecule has 1 aliphatic rings. The number of carboxylic acids is 1. The fourth-order valence-electron chi connectivity index (χ4n) is 1.97. The van der Waals surface area contributed by atoms with Gasteiger partial charge in [0.25, 0.3) is 0 Å². The predicted molar refractivity (Wildman–Crippen MR) is 67.4 cm³/mol. The number of nitrogens with one attached hydrogen (secondary N) is 1. The Hall–Kier alpha value is -1.26. The standard InChI is InChI=1S/C12H15ClN2O2/c1-14-11-3-2-8(4-10(11)13)5-15-6-9(7-15)12(16)17/h2-4,9,14H,5-7H2,1H3,(H,16,17). The van der Waals surface area contributed by atoms with Gasteiger partial charge in [0.2, 0.25) is 0 Å². The molecule has 0 aliphatic carbocycles. The fraction of sp³-hybridized carbons (Fsp3) is 0.417. The van der Waals surface area contributed by atoms with E-state index >= 15 is 0 Å². The zero-order chi connectivity index (χ0) is 12.4. The van der Waals surface area contributed by atoms with E-state index in [4.69, 9.17) is 16.7 Å². The quantitative estimate of drug-likeness (QED) is 0.862. The van der Waals surface area contributed by atoms with Crippen LogP contribution in [0.15, 0.2) is 18.2 Å². The van der Waals surface area contributed by atoms with Gasteiger partial charge in [-0.15, -0.1) is 0 Å². The minimum absolute atomic E-state index is 0.206. The van der Waals surface area contributed by atoms with Gasteiger partial charge in [-0.2, -0.15) is 0 Å². The molecule has 92 valence electrons. The molecule has 1 aliphatic heterocycles. The molecule has 0 aromatic heterocycles. The summed E-state index contributed by atoms with van der Waals surface area (Å²) in [7, 11) is 1.83. The van der Waals surface area contributed by atoms with Crippen LogP contribution in [0.2, 0.25) is 5.02 Å². The molecule has 5 heteroatoms. The minimum Gasteiger partial charge on any atom is -0.481 e. The van der Waals surface area contributed by atoms with Gasteiger partial charge in [0.05, 0.1) is 16.6 Å². The summed E-state index contributed by atoms with van der Waals surface area (Å²) in [6.45, 7) is 2.01. The van der Waals surface area contributed by atoms with Crippen molar-refractivity contribution >= 4 is 23.3 Å². The van der Waals surface area contributed by atoms with E-state index < -0.39 is 5.97 Å². The number of nitrogens with zero attached hydrogens (tertiary/aromatic N) is 1. The summed E-state index contributed by atoms with van der Waals surface area (Å²) >= 11 is 6.08. The molecule has 4 nitrogen and oxygen atoms in total. The summed E-state index contributed by atoms with van der Waals surface area (Å²) in [5.74, 6) is -0.910. The molecule has 0 spiro atoms. The number of hydrogen-bond acceptors (Lipinski definition) is 3. The second-order valence-electron chi connectivity index (χ2n) is 4.29. The van der Waals surface area contributed by atoms with Gasteiger partial charge in [-0.05, 0) is 17.7 Å². The highest BCUT2D eigenvalue weighted by atomic mass is 35.5. The molecule has 1 aromatic carbocycles. The van der Waals surface area contributed by atoms with Gasteiger partial charge >= 0.3 is 5.97 Å². The van der Waals surface area contributed by atoms with Crippen LogP contribution in [0.3, 0.4) is 0 Å². The molecule has 0 bridgehead atoms. The molecule has 1 fully saturated rings. The molecule has 2 N–H and O–H groups in total. The average molecular weight is 255 g/mol. The molecular formula is C12H15ClN2O2. The van der Waals surface area contributed by atoms with Crippen LogP contribution in [-0.4, -0.2) is 36.1 Å². The van der Waals surface area contributed by atoms with Crippen LogP contribution < -0.4 is 5.32 Å². The summed E-state index contributed by atoms with van der Waals surface area (Å²) in [4.78, 5) is 12.8. The maximum atomic E-state index is 10.7. The van der Waals surface area contributed by atoms with Crippen molar-refractivity contribution in [2.75, 3.05) is 25.5 Å². The van der Waals surface area contributed by atoms with Crippen LogP contribution in [0.25, 0.3) is 0 Å². The maximum Gasteiger partial charge on any atom is 0.309 e. The van der Waals surface area contributed by atoms with Gasteiger partial charge in [-0.1, -0.05) is 17.7 Å². The smallest absolute Gasteiger partial charge is 0.309 e. The second-order valence-corrected chi connectivity index (χ2v) is 4.70. The highest BCUT2D eigenvalue weighted by Gasteiger charge is 2.32. The number of likely N-dealkylation sites (tertiary alicyclic amines) is 1. The van der Waals surface area contributed by atoms with Crippen molar-refractivity contribution in [3.63, 3.8) is 0 Å². The first-order valence-corrected chi connectivity index (χ1v) is 5.89. The van der Waals surface area contributed by atoms with E-state index in [0.717, 1.165) is 17.8 Å². The first-order chi connectivity index (χ1) is 8.10. The number of rotatable bonds is 4. The third-order valence-electron chi connectivity index (χ3n) is 3.02. The van der Waals surface area contributed by atoms with Crippen LogP contribution in [0.1, 0.15) is 5.56 Å². The second kappa shape index (κ2) is 4.94. The van der Waals surface area contributed by atoms with Gasteiger partial charge in [0, 0.05) is 26.7 Å². The van der Waals surface area contributed by atoms with Crippen LogP contribution in [0.5, 0.6) is 0 Å². The van der Waals surface area contributed by atoms with Gasteiger partial charge in [0.15, 0.2) is 0 Å². The van der Waals surface area contributed by atoms with Crippen LogP contribution >= 0.6 is 11.6 Å². The lowest BCUT2D eigenvalue weighted by Crippen LogP contribution is -2.49. The maximum absolute atomic E-state index is 10.7. The summed E-state index contributed by atoms with van der Waals surface area (Å²) in [5.41, 5.74) is 2.01. The van der Waals surface area contributed by atoms with Crippen molar-refractivity contribution in [3.05, 3.63) is 28.8 Å². The Bertz CT molecular complexity index is 431. The Labute approximate surface area is 105 Å². The molecule has 1 heterocycles. The molecule has 17 heavy (non-hydrogen) atoms. The summed E-state index contributed by atoms with van der Waals surface area (Å²) < 4.78 is 0. The third kappa shape index (κ3) is 2.70. The average Bonchev–Trinajstić information content (AvgIpc) is 2.22. The number of benzene rings is 1. The lowest BCUT2D eigenvalue weighted by atomic mass is 9.99. The number of carbonyl (C=O) groups is 1. The van der Waals surface area contributed by atoms with E-state index in [-0.39, 0.29) is 5.92 Å². The van der Waals surface area contributed by atoms with Crippen molar-refractivity contribution in [1.29, 1.82) is 0 Å². The Kier molecular flexibility index (Phi) is 3.54. The van der Waals surface area contributed by atoms with Gasteiger partial charge in [-0.25, -0.2) is 0 Å². The van der Waals surface area contributed by atoms with Gasteiger partial charge in [0.1, 0.15) is 0 Å². The van der Waals surface area contributed by atoms with Gasteiger partial charge < -0.3 is 10.4 Å². The van der Waals surface area contributed by atoms with Gasteiger partial charge in [-0.3, -0.25) is 9.69 Å². The van der Waals surface area contributed by atoms with E-state index in [2.05, 4.69) is 10.2 Å². The SMILES string of the molecule is CNc1ccc(CN2CC(C(=O)O)C2)cc1Cl. The number of hydrogen-bond donors (Lipinski definition) is 2. The zero-order valence-corrected chi connectivity index (χ0v) is 10.4. The Morgan fingerprint density at radius 1 is 1.59 bits per heavy atom. The number of anilines is 1. The van der Waals surface area contributed by atoms with Crippen LogP contribution in [0.4, 0.5) is 5.69 Å². The lowest BCUT2D eigenvalue weighted by molar-refractivity contribution is -0.147. The van der Waals surface area contributed by atoms with Crippen molar-refractivity contribution < 1.29 is 9.90 Å². The summed E-state index contributed by atoms with van der Waals surface area (Å²) in [6.07, 6.45) is 0. The number of halogens is 1. The molecule has 0 radical (unpaired) electrons. The highest BCUT2D eigenvalue weighted by molar-refractivity contribution is 6.33. The normalized spacial score (nSPS) is 16.6. The molecular weight excluding hydrogens is 240 g/mol. The molecule has 0 unspecified atom stereocenters. The predicted octanol–water partition coefficient (Wildman–Crippen LogP) is 1.90. The molecule has 2 rings (SSSR count). The minimum atomic E-state index is -0.704. The highest BCUT2D eigenvalue weighted by Crippen LogP contribution is 2.25. The van der Waals surface area contributed by atoms with Crippen LogP contribution in [-0.2, 0) is 11.3 Å². The number of aliphatic carboxylic acids is 1. The fourth-order valence-corrected chi connectivity index (χ4v) is 2.27. The zero-order valence-electron chi connectivity index (χ0n) is 9.61. The Morgan fingerprint density at radius 3 is 2.82 bits per heavy atom. The molecule has 0 amide bonds. The summed E-state index contributed by atoms with van der Waals surface area (Å²) in [6, 6.07) is 5.86. The van der Waals surface area contributed by atoms with E-state index in [9.17, 15) is 4.79 Å². The molecule has 1 aromatic rings. The monoisotopic (exact) mass is 254 g/mol. The van der Waals surface area contributed by atoms with Crippen molar-refractivity contribution in [3.8, 4) is 0 Å². The Balaban J connectivity index is 1.92. The molecule has 0 saturated carbocycles.